The van der Waals surface area contributed by atoms with E-state index < -0.39 is 0 Å². The van der Waals surface area contributed by atoms with Crippen LogP contribution < -0.4 is 0 Å². The minimum atomic E-state index is -0.122. The monoisotopic (exact) mass is 199 g/mol. The average molecular weight is 199 g/mol. The van der Waals surface area contributed by atoms with Crippen molar-refractivity contribution in [2.45, 2.75) is 52.2 Å². The Hall–Kier alpha value is -0.0800. The Bertz CT molecular complexity index is 183. The van der Waals surface area contributed by atoms with Crippen molar-refractivity contribution in [1.82, 2.24) is 4.90 Å². The molecule has 1 rings (SSSR count). The molecular weight excluding hydrogens is 174 g/mol. The molecule has 0 heterocycles. The third-order valence-corrected chi connectivity index (χ3v) is 3.67. The zero-order valence-electron chi connectivity index (χ0n) is 10.2. The predicted octanol–water partition coefficient (Wildman–Crippen LogP) is 2.12. The first-order valence-electron chi connectivity index (χ1n) is 5.67. The largest absolute Gasteiger partial charge is 0.391 e. The molecule has 0 radical (unpaired) electrons. The van der Waals surface area contributed by atoms with Crippen LogP contribution in [0.1, 0.15) is 40.0 Å². The van der Waals surface area contributed by atoms with E-state index in [1.165, 1.54) is 6.42 Å². The Morgan fingerprint density at radius 3 is 2.14 bits per heavy atom. The van der Waals surface area contributed by atoms with Crippen LogP contribution in [-0.2, 0) is 0 Å². The summed E-state index contributed by atoms with van der Waals surface area (Å²) in [5, 5.41) is 9.88. The Labute approximate surface area is 88.3 Å². The van der Waals surface area contributed by atoms with Crippen LogP contribution >= 0.6 is 0 Å². The molecule has 0 amide bonds. The first kappa shape index (κ1) is 12.0. The second-order valence-corrected chi connectivity index (χ2v) is 5.97. The molecule has 2 nitrogen and oxygen atoms in total. The first-order valence-corrected chi connectivity index (χ1v) is 5.67. The van der Waals surface area contributed by atoms with Crippen molar-refractivity contribution in [2.75, 3.05) is 14.1 Å². The fourth-order valence-corrected chi connectivity index (χ4v) is 2.47. The van der Waals surface area contributed by atoms with E-state index in [0.29, 0.717) is 11.5 Å². The summed E-state index contributed by atoms with van der Waals surface area (Å²) in [5.41, 5.74) is 0.383. The lowest BCUT2D eigenvalue weighted by molar-refractivity contribution is 0.00107. The molecule has 0 saturated heterocycles. The van der Waals surface area contributed by atoms with Gasteiger partial charge in [0.1, 0.15) is 0 Å². The van der Waals surface area contributed by atoms with E-state index in [2.05, 4.69) is 39.8 Å². The molecule has 0 aromatic heterocycles. The summed E-state index contributed by atoms with van der Waals surface area (Å²) < 4.78 is 0. The molecule has 0 bridgehead atoms. The van der Waals surface area contributed by atoms with Crippen LogP contribution in [0.25, 0.3) is 0 Å². The van der Waals surface area contributed by atoms with Crippen LogP contribution in [0.4, 0.5) is 0 Å². The van der Waals surface area contributed by atoms with Gasteiger partial charge in [-0.25, -0.2) is 0 Å². The smallest absolute Gasteiger partial charge is 0.0695 e. The van der Waals surface area contributed by atoms with Crippen LogP contribution in [0.2, 0.25) is 0 Å². The maximum atomic E-state index is 9.88. The third-order valence-electron chi connectivity index (χ3n) is 3.67. The Balaban J connectivity index is 2.62. The van der Waals surface area contributed by atoms with Crippen molar-refractivity contribution in [3.63, 3.8) is 0 Å². The summed E-state index contributed by atoms with van der Waals surface area (Å²) in [6, 6.07) is 0.355. The quantitative estimate of drug-likeness (QED) is 0.699. The molecule has 1 aliphatic carbocycles. The lowest BCUT2D eigenvalue weighted by Gasteiger charge is -2.42. The van der Waals surface area contributed by atoms with Crippen molar-refractivity contribution in [2.24, 2.45) is 11.3 Å². The highest BCUT2D eigenvalue weighted by Gasteiger charge is 2.35. The second kappa shape index (κ2) is 4.19. The van der Waals surface area contributed by atoms with E-state index in [-0.39, 0.29) is 6.10 Å². The number of likely N-dealkylation sites (N-methyl/N-ethyl adjacent to an activating group) is 1. The van der Waals surface area contributed by atoms with Crippen molar-refractivity contribution in [3.05, 3.63) is 0 Å². The van der Waals surface area contributed by atoms with Gasteiger partial charge in [-0.05, 0) is 44.7 Å². The van der Waals surface area contributed by atoms with E-state index in [4.69, 9.17) is 0 Å². The van der Waals surface area contributed by atoms with Crippen LogP contribution in [0.15, 0.2) is 0 Å². The topological polar surface area (TPSA) is 23.5 Å². The summed E-state index contributed by atoms with van der Waals surface area (Å²) in [4.78, 5) is 2.17. The second-order valence-electron chi connectivity index (χ2n) is 5.97. The third kappa shape index (κ3) is 2.71. The van der Waals surface area contributed by atoms with Gasteiger partial charge < -0.3 is 10.0 Å². The average Bonchev–Trinajstić information content (AvgIpc) is 2.02. The number of hydrogen-bond donors (Lipinski definition) is 1. The van der Waals surface area contributed by atoms with E-state index in [9.17, 15) is 5.11 Å². The van der Waals surface area contributed by atoms with Crippen LogP contribution in [0.5, 0.6) is 0 Å². The number of nitrogens with zero attached hydrogens (tertiary/aromatic N) is 1. The minimum Gasteiger partial charge on any atom is -0.391 e. The molecule has 1 saturated carbocycles. The van der Waals surface area contributed by atoms with E-state index in [1.807, 2.05) is 0 Å². The number of rotatable bonds is 1. The van der Waals surface area contributed by atoms with Gasteiger partial charge in [0.15, 0.2) is 0 Å². The summed E-state index contributed by atoms with van der Waals surface area (Å²) in [6.45, 7) is 6.92. The van der Waals surface area contributed by atoms with Gasteiger partial charge in [-0.15, -0.1) is 0 Å². The molecule has 1 fully saturated rings. The highest BCUT2D eigenvalue weighted by molar-refractivity contribution is 4.89. The van der Waals surface area contributed by atoms with E-state index in [1.54, 1.807) is 0 Å². The molecule has 14 heavy (non-hydrogen) atoms. The number of aliphatic hydroxyl groups is 1. The van der Waals surface area contributed by atoms with Gasteiger partial charge in [-0.1, -0.05) is 20.8 Å². The fraction of sp³-hybridized carbons (Fsp3) is 1.00. The van der Waals surface area contributed by atoms with Gasteiger partial charge in [0.25, 0.3) is 0 Å². The molecule has 84 valence electrons. The lowest BCUT2D eigenvalue weighted by atomic mass is 9.70. The van der Waals surface area contributed by atoms with Crippen LogP contribution in [-0.4, -0.2) is 36.2 Å². The molecule has 1 aliphatic rings. The van der Waals surface area contributed by atoms with Gasteiger partial charge in [0.05, 0.1) is 6.10 Å². The molecule has 0 unspecified atom stereocenters. The van der Waals surface area contributed by atoms with E-state index >= 15 is 0 Å². The van der Waals surface area contributed by atoms with Crippen molar-refractivity contribution >= 4 is 0 Å². The van der Waals surface area contributed by atoms with Crippen molar-refractivity contribution in [3.8, 4) is 0 Å². The molecule has 2 heteroatoms. The van der Waals surface area contributed by atoms with E-state index in [0.717, 1.165) is 18.8 Å². The highest BCUT2D eigenvalue weighted by Crippen LogP contribution is 2.38. The zero-order chi connectivity index (χ0) is 10.9. The van der Waals surface area contributed by atoms with Gasteiger partial charge in [-0.3, -0.25) is 0 Å². The van der Waals surface area contributed by atoms with Crippen LogP contribution in [0, 0.1) is 11.3 Å². The van der Waals surface area contributed by atoms with Crippen LogP contribution in [0.3, 0.4) is 0 Å². The summed E-state index contributed by atoms with van der Waals surface area (Å²) in [5.74, 6) is 0.748. The molecule has 0 aliphatic heterocycles. The SMILES string of the molecule is CN(C)[C@H]1C[C@H](C(C)(C)C)CC[C@H]1O. The Morgan fingerprint density at radius 1 is 1.14 bits per heavy atom. The molecule has 0 spiro atoms. The standard InChI is InChI=1S/C12H25NO/c1-12(2,3)9-6-7-11(14)10(8-9)13(4)5/h9-11,14H,6-8H2,1-5H3/t9-,10+,11-/m1/s1. The summed E-state index contributed by atoms with van der Waals surface area (Å²) >= 11 is 0. The molecule has 0 aromatic rings. The minimum absolute atomic E-state index is 0.122. The highest BCUT2D eigenvalue weighted by atomic mass is 16.3. The van der Waals surface area contributed by atoms with Crippen molar-refractivity contribution < 1.29 is 5.11 Å². The maximum Gasteiger partial charge on any atom is 0.0695 e. The first-order chi connectivity index (χ1) is 6.32. The van der Waals surface area contributed by atoms with Gasteiger partial charge in [0.2, 0.25) is 0 Å². The Kier molecular flexibility index (Phi) is 3.59. The number of hydrogen-bond acceptors (Lipinski definition) is 2. The van der Waals surface area contributed by atoms with Crippen molar-refractivity contribution in [1.29, 1.82) is 0 Å². The van der Waals surface area contributed by atoms with Gasteiger partial charge >= 0.3 is 0 Å². The fourth-order valence-electron chi connectivity index (χ4n) is 2.47. The lowest BCUT2D eigenvalue weighted by Crippen LogP contribution is -2.45. The molecule has 0 aromatic carbocycles. The summed E-state index contributed by atoms with van der Waals surface area (Å²) in [7, 11) is 4.14. The molecule has 1 N–H and O–H groups in total. The molecular formula is C12H25NO. The zero-order valence-corrected chi connectivity index (χ0v) is 10.2. The van der Waals surface area contributed by atoms with Gasteiger partial charge in [0, 0.05) is 6.04 Å². The maximum absolute atomic E-state index is 9.88. The normalized spacial score (nSPS) is 34.9. The number of aliphatic hydroxyl groups excluding tert-OH is 1. The predicted molar refractivity (Wildman–Crippen MR) is 60.3 cm³/mol. The van der Waals surface area contributed by atoms with Gasteiger partial charge in [-0.2, -0.15) is 0 Å². The Morgan fingerprint density at radius 2 is 1.71 bits per heavy atom. The molecule has 3 atom stereocenters. The summed E-state index contributed by atoms with van der Waals surface area (Å²) in [6.07, 6.45) is 3.15.